The molecule has 0 spiro atoms. The maximum absolute atomic E-state index is 13.9. The lowest BCUT2D eigenvalue weighted by atomic mass is 9.74. The molecule has 0 aromatic heterocycles. The number of alkyl halides is 3. The van der Waals surface area contributed by atoms with Gasteiger partial charge in [0.25, 0.3) is 0 Å². The van der Waals surface area contributed by atoms with Crippen molar-refractivity contribution in [2.75, 3.05) is 19.8 Å². The predicted octanol–water partition coefficient (Wildman–Crippen LogP) is 5.01. The third-order valence-corrected chi connectivity index (χ3v) is 8.59. The van der Waals surface area contributed by atoms with Crippen LogP contribution in [0.2, 0.25) is 0 Å². The number of ether oxygens (including phenoxy) is 3. The molecule has 4 aliphatic rings. The van der Waals surface area contributed by atoms with E-state index >= 15 is 0 Å². The normalized spacial score (nSPS) is 32.3. The van der Waals surface area contributed by atoms with Crippen LogP contribution in [0.15, 0.2) is 18.2 Å². The van der Waals surface area contributed by atoms with Gasteiger partial charge in [0.15, 0.2) is 19.3 Å². The molecule has 3 fully saturated rings. The van der Waals surface area contributed by atoms with Crippen LogP contribution >= 0.6 is 0 Å². The van der Waals surface area contributed by atoms with E-state index in [1.807, 2.05) is 6.92 Å². The Morgan fingerprint density at radius 1 is 1.14 bits per heavy atom. The summed E-state index contributed by atoms with van der Waals surface area (Å²) in [4.78, 5) is 18.0. The van der Waals surface area contributed by atoms with Crippen LogP contribution in [0.1, 0.15) is 64.0 Å². The fraction of sp³-hybridized carbons (Fsp3) is 0.731. The van der Waals surface area contributed by atoms with Gasteiger partial charge in [-0.1, -0.05) is 13.8 Å². The van der Waals surface area contributed by atoms with E-state index < -0.39 is 17.2 Å². The van der Waals surface area contributed by atoms with Gasteiger partial charge in [-0.3, -0.25) is 4.79 Å². The molecule has 1 aromatic rings. The van der Waals surface area contributed by atoms with Gasteiger partial charge in [-0.05, 0) is 76.2 Å². The minimum atomic E-state index is -4.43. The van der Waals surface area contributed by atoms with Crippen molar-refractivity contribution in [1.29, 1.82) is 0 Å². The maximum atomic E-state index is 13.9. The maximum Gasteiger partial charge on any atom is 0.416 e. The number of benzene rings is 1. The highest BCUT2D eigenvalue weighted by atomic mass is 19.4. The number of fused-ring (bicyclic) bond motifs is 1. The highest BCUT2D eigenvalue weighted by molar-refractivity contribution is 5.83. The Kier molecular flexibility index (Phi) is 6.55. The Balaban J connectivity index is 1.25. The SMILES string of the molecule is CC1OC(C2CCN([C@@H]3CC[C@@](C(=O)N4COc5ccc(C(F)(F)F)cc5C4)(C(C)C)C3)CC2)O1. The highest BCUT2D eigenvalue weighted by Crippen LogP contribution is 2.49. The van der Waals surface area contributed by atoms with E-state index in [4.69, 9.17) is 14.2 Å². The van der Waals surface area contributed by atoms with Crippen LogP contribution in [0.5, 0.6) is 5.75 Å². The molecule has 1 aromatic carbocycles. The lowest BCUT2D eigenvalue weighted by Gasteiger charge is -2.44. The molecular formula is C26H35F3N2O4. The average molecular weight is 497 g/mol. The van der Waals surface area contributed by atoms with E-state index in [2.05, 4.69) is 18.7 Å². The first kappa shape index (κ1) is 24.8. The number of hydrogen-bond acceptors (Lipinski definition) is 5. The molecular weight excluding hydrogens is 461 g/mol. The minimum absolute atomic E-state index is 0.00166. The van der Waals surface area contributed by atoms with Gasteiger partial charge in [0.2, 0.25) is 5.91 Å². The molecule has 194 valence electrons. The number of halogens is 3. The summed E-state index contributed by atoms with van der Waals surface area (Å²) in [5.41, 5.74) is -0.839. The number of likely N-dealkylation sites (tertiary alicyclic amines) is 1. The van der Waals surface area contributed by atoms with Crippen molar-refractivity contribution in [1.82, 2.24) is 9.80 Å². The number of hydrogen-bond donors (Lipinski definition) is 0. The van der Waals surface area contributed by atoms with Crippen LogP contribution in [-0.4, -0.2) is 54.1 Å². The largest absolute Gasteiger partial charge is 0.473 e. The molecule has 0 bridgehead atoms. The lowest BCUT2D eigenvalue weighted by Crippen LogP contribution is -2.51. The second-order valence-electron chi connectivity index (χ2n) is 10.9. The molecule has 1 aliphatic carbocycles. The fourth-order valence-electron chi connectivity index (χ4n) is 6.36. The lowest BCUT2D eigenvalue weighted by molar-refractivity contribution is -0.394. The van der Waals surface area contributed by atoms with Crippen LogP contribution in [0.3, 0.4) is 0 Å². The van der Waals surface area contributed by atoms with E-state index in [1.165, 1.54) is 6.07 Å². The van der Waals surface area contributed by atoms with Gasteiger partial charge in [-0.2, -0.15) is 13.2 Å². The summed E-state index contributed by atoms with van der Waals surface area (Å²) in [6.45, 7) is 8.22. The molecule has 5 rings (SSSR count). The van der Waals surface area contributed by atoms with Gasteiger partial charge >= 0.3 is 6.18 Å². The Morgan fingerprint density at radius 2 is 1.86 bits per heavy atom. The molecule has 3 heterocycles. The zero-order valence-corrected chi connectivity index (χ0v) is 20.6. The molecule has 2 saturated heterocycles. The molecule has 1 amide bonds. The van der Waals surface area contributed by atoms with Crippen LogP contribution in [0, 0.1) is 17.3 Å². The third kappa shape index (κ3) is 4.67. The van der Waals surface area contributed by atoms with E-state index in [9.17, 15) is 18.0 Å². The van der Waals surface area contributed by atoms with Gasteiger partial charge in [0.1, 0.15) is 5.75 Å². The van der Waals surface area contributed by atoms with Crippen molar-refractivity contribution < 1.29 is 32.2 Å². The monoisotopic (exact) mass is 496 g/mol. The summed E-state index contributed by atoms with van der Waals surface area (Å²) < 4.78 is 56.7. The number of amides is 1. The average Bonchev–Trinajstić information content (AvgIpc) is 3.27. The second-order valence-corrected chi connectivity index (χ2v) is 10.9. The number of nitrogens with zero attached hydrogens (tertiary/aromatic N) is 2. The van der Waals surface area contributed by atoms with Crippen molar-refractivity contribution in [2.45, 2.75) is 84.2 Å². The predicted molar refractivity (Wildman–Crippen MR) is 122 cm³/mol. The Hall–Kier alpha value is -1.84. The topological polar surface area (TPSA) is 51.2 Å². The van der Waals surface area contributed by atoms with Crippen LogP contribution < -0.4 is 4.74 Å². The zero-order chi connectivity index (χ0) is 25.0. The van der Waals surface area contributed by atoms with Crippen molar-refractivity contribution in [2.24, 2.45) is 17.3 Å². The molecule has 0 radical (unpaired) electrons. The van der Waals surface area contributed by atoms with Crippen LogP contribution in [0.4, 0.5) is 13.2 Å². The number of rotatable bonds is 4. The molecule has 35 heavy (non-hydrogen) atoms. The van der Waals surface area contributed by atoms with E-state index in [1.54, 1.807) is 4.90 Å². The summed E-state index contributed by atoms with van der Waals surface area (Å²) in [6, 6.07) is 3.82. The first-order chi connectivity index (χ1) is 16.6. The van der Waals surface area contributed by atoms with Gasteiger partial charge in [-0.25, -0.2) is 0 Å². The Bertz CT molecular complexity index is 941. The van der Waals surface area contributed by atoms with Crippen molar-refractivity contribution >= 4 is 5.91 Å². The molecule has 1 saturated carbocycles. The summed E-state index contributed by atoms with van der Waals surface area (Å²) in [5.74, 6) is 0.964. The Morgan fingerprint density at radius 3 is 2.49 bits per heavy atom. The van der Waals surface area contributed by atoms with Crippen molar-refractivity contribution in [3.63, 3.8) is 0 Å². The van der Waals surface area contributed by atoms with Crippen molar-refractivity contribution in [3.05, 3.63) is 29.3 Å². The summed E-state index contributed by atoms with van der Waals surface area (Å²) in [7, 11) is 0. The number of piperidine rings is 1. The molecule has 2 atom stereocenters. The quantitative estimate of drug-likeness (QED) is 0.587. The summed E-state index contributed by atoms with van der Waals surface area (Å²) in [5, 5.41) is 0. The van der Waals surface area contributed by atoms with Gasteiger partial charge in [0, 0.05) is 17.5 Å². The van der Waals surface area contributed by atoms with Crippen molar-refractivity contribution in [3.8, 4) is 5.75 Å². The minimum Gasteiger partial charge on any atom is -0.473 e. The van der Waals surface area contributed by atoms with Crippen LogP contribution in [-0.2, 0) is 27.0 Å². The van der Waals surface area contributed by atoms with Gasteiger partial charge in [0.05, 0.1) is 17.5 Å². The van der Waals surface area contributed by atoms with Gasteiger partial charge in [-0.15, -0.1) is 0 Å². The third-order valence-electron chi connectivity index (χ3n) is 8.59. The first-order valence-corrected chi connectivity index (χ1v) is 12.7. The fourth-order valence-corrected chi connectivity index (χ4v) is 6.36. The Labute approximate surface area is 204 Å². The van der Waals surface area contributed by atoms with Crippen LogP contribution in [0.25, 0.3) is 0 Å². The number of carbonyl (C=O) groups is 1. The summed E-state index contributed by atoms with van der Waals surface area (Å²) >= 11 is 0. The van der Waals surface area contributed by atoms with E-state index in [0.717, 1.165) is 57.3 Å². The summed E-state index contributed by atoms with van der Waals surface area (Å²) in [6.07, 6.45) is -0.0557. The molecule has 3 aliphatic heterocycles. The van der Waals surface area contributed by atoms with E-state index in [0.29, 0.717) is 23.3 Å². The zero-order valence-electron chi connectivity index (χ0n) is 20.6. The second kappa shape index (κ2) is 9.23. The molecule has 9 heteroatoms. The molecule has 6 nitrogen and oxygen atoms in total. The highest BCUT2D eigenvalue weighted by Gasteiger charge is 2.51. The van der Waals surface area contributed by atoms with E-state index in [-0.39, 0.29) is 37.7 Å². The standard InChI is InChI=1S/C26H35F3N2O4/c1-16(2)25(9-6-21(13-25)30-10-7-18(8-11-30)23-34-17(3)35-23)24(32)31-14-19-12-20(26(27,28)29)4-5-22(19)33-15-31/h4-5,12,16-18,21,23H,6-11,13-15H2,1-3H3/t17?,21-,23?,25+/m1/s1. The number of carbonyl (C=O) groups excluding carboxylic acids is 1. The first-order valence-electron chi connectivity index (χ1n) is 12.7. The molecule has 0 unspecified atom stereocenters. The molecule has 0 N–H and O–H groups in total. The van der Waals surface area contributed by atoms with Gasteiger partial charge < -0.3 is 24.0 Å². The smallest absolute Gasteiger partial charge is 0.416 e.